The van der Waals surface area contributed by atoms with E-state index >= 15 is 0 Å². The summed E-state index contributed by atoms with van der Waals surface area (Å²) in [7, 11) is 0. The van der Waals surface area contributed by atoms with E-state index in [2.05, 4.69) is 37.0 Å². The number of aryl methyl sites for hydroxylation is 3. The van der Waals surface area contributed by atoms with E-state index in [4.69, 9.17) is 11.5 Å². The zero-order valence-electron chi connectivity index (χ0n) is 11.4. The lowest BCUT2D eigenvalue weighted by molar-refractivity contribution is 0.384. The highest BCUT2D eigenvalue weighted by atomic mass is 32.1. The second kappa shape index (κ2) is 4.32. The third kappa shape index (κ3) is 2.15. The van der Waals surface area contributed by atoms with Crippen LogP contribution in [0.15, 0.2) is 18.2 Å². The first-order valence-corrected chi connectivity index (χ1v) is 7.40. The minimum absolute atomic E-state index is 0.274. The number of fused-ring (bicyclic) bond motifs is 1. The maximum atomic E-state index is 6.69. The third-order valence-corrected chi connectivity index (χ3v) is 4.92. The van der Waals surface area contributed by atoms with E-state index in [0.717, 1.165) is 25.0 Å². The van der Waals surface area contributed by atoms with E-state index in [1.165, 1.54) is 21.6 Å². The van der Waals surface area contributed by atoms with Crippen molar-refractivity contribution < 1.29 is 0 Å². The standard InChI is InChI=1S/C15H19N3S/c1-9-3-4-11(10(2)7-9)15(17)6-5-12-13(8-15)19-14(16)18-12/h3-4,7H,5-6,8,17H2,1-2H3,(H2,16,18). The number of thiazole rings is 1. The van der Waals surface area contributed by atoms with Crippen LogP contribution in [-0.2, 0) is 18.4 Å². The maximum Gasteiger partial charge on any atom is 0.180 e. The largest absolute Gasteiger partial charge is 0.375 e. The minimum atomic E-state index is -0.274. The van der Waals surface area contributed by atoms with Crippen molar-refractivity contribution in [1.29, 1.82) is 0 Å². The van der Waals surface area contributed by atoms with Crippen molar-refractivity contribution in [2.24, 2.45) is 5.73 Å². The van der Waals surface area contributed by atoms with Gasteiger partial charge in [0.05, 0.1) is 5.69 Å². The van der Waals surface area contributed by atoms with E-state index < -0.39 is 0 Å². The first-order valence-electron chi connectivity index (χ1n) is 6.59. The van der Waals surface area contributed by atoms with Gasteiger partial charge in [0, 0.05) is 16.8 Å². The molecule has 1 heterocycles. The average molecular weight is 273 g/mol. The van der Waals surface area contributed by atoms with Crippen LogP contribution in [0.25, 0.3) is 0 Å². The molecule has 1 aliphatic carbocycles. The Balaban J connectivity index is 2.01. The van der Waals surface area contributed by atoms with E-state index in [1.54, 1.807) is 11.3 Å². The average Bonchev–Trinajstić information content (AvgIpc) is 2.67. The molecule has 0 bridgehead atoms. The Bertz CT molecular complexity index is 632. The fourth-order valence-corrected chi connectivity index (χ4v) is 4.06. The molecule has 0 aliphatic heterocycles. The van der Waals surface area contributed by atoms with Gasteiger partial charge in [-0.15, -0.1) is 11.3 Å². The normalized spacial score (nSPS) is 22.3. The van der Waals surface area contributed by atoms with Crippen molar-refractivity contribution in [3.8, 4) is 0 Å². The molecule has 1 aliphatic rings. The van der Waals surface area contributed by atoms with Crippen LogP contribution in [0, 0.1) is 13.8 Å². The van der Waals surface area contributed by atoms with Crippen LogP contribution in [0.3, 0.4) is 0 Å². The number of nitrogens with zero attached hydrogens (tertiary/aromatic N) is 1. The molecule has 0 saturated carbocycles. The van der Waals surface area contributed by atoms with Gasteiger partial charge in [0.1, 0.15) is 0 Å². The van der Waals surface area contributed by atoms with Gasteiger partial charge in [-0.05, 0) is 37.8 Å². The highest BCUT2D eigenvalue weighted by Crippen LogP contribution is 2.38. The number of nitrogens with two attached hydrogens (primary N) is 2. The minimum Gasteiger partial charge on any atom is -0.375 e. The summed E-state index contributed by atoms with van der Waals surface area (Å²) in [6.07, 6.45) is 2.71. The van der Waals surface area contributed by atoms with Gasteiger partial charge in [-0.1, -0.05) is 23.8 Å². The molecule has 4 N–H and O–H groups in total. The first-order chi connectivity index (χ1) is 8.98. The first kappa shape index (κ1) is 12.6. The second-order valence-corrected chi connectivity index (χ2v) is 6.69. The Morgan fingerprint density at radius 2 is 2.11 bits per heavy atom. The summed E-state index contributed by atoms with van der Waals surface area (Å²) in [6, 6.07) is 6.54. The molecule has 1 aromatic carbocycles. The molecule has 4 heteroatoms. The highest BCUT2D eigenvalue weighted by Gasteiger charge is 2.35. The summed E-state index contributed by atoms with van der Waals surface area (Å²) in [4.78, 5) is 5.64. The number of rotatable bonds is 1. The van der Waals surface area contributed by atoms with Crippen LogP contribution in [0.2, 0.25) is 0 Å². The van der Waals surface area contributed by atoms with Crippen molar-refractivity contribution in [3.05, 3.63) is 45.5 Å². The number of benzene rings is 1. The maximum absolute atomic E-state index is 6.69. The Morgan fingerprint density at radius 3 is 2.84 bits per heavy atom. The molecule has 1 unspecified atom stereocenters. The molecule has 3 rings (SSSR count). The van der Waals surface area contributed by atoms with Crippen LogP contribution in [0.1, 0.15) is 33.7 Å². The fraction of sp³-hybridized carbons (Fsp3) is 0.400. The monoisotopic (exact) mass is 273 g/mol. The van der Waals surface area contributed by atoms with Gasteiger partial charge in [-0.25, -0.2) is 4.98 Å². The quantitative estimate of drug-likeness (QED) is 0.839. The van der Waals surface area contributed by atoms with Crippen LogP contribution < -0.4 is 11.5 Å². The summed E-state index contributed by atoms with van der Waals surface area (Å²) in [5, 5.41) is 0.662. The van der Waals surface area contributed by atoms with Gasteiger partial charge in [-0.2, -0.15) is 0 Å². The summed E-state index contributed by atoms with van der Waals surface area (Å²) in [5.41, 5.74) is 17.2. The molecule has 0 spiro atoms. The lowest BCUT2D eigenvalue weighted by Crippen LogP contribution is -2.42. The van der Waals surface area contributed by atoms with Gasteiger partial charge in [0.15, 0.2) is 5.13 Å². The summed E-state index contributed by atoms with van der Waals surface area (Å²) >= 11 is 1.58. The topological polar surface area (TPSA) is 64.9 Å². The lowest BCUT2D eigenvalue weighted by Gasteiger charge is -2.34. The Hall–Kier alpha value is -1.39. The second-order valence-electron chi connectivity index (χ2n) is 5.57. The SMILES string of the molecule is Cc1ccc(C2(N)CCc3nc(N)sc3C2)c(C)c1. The molecular weight excluding hydrogens is 254 g/mol. The smallest absolute Gasteiger partial charge is 0.180 e. The molecule has 1 atom stereocenters. The number of aromatic nitrogens is 1. The Kier molecular flexibility index (Phi) is 2.87. The predicted molar refractivity (Wildman–Crippen MR) is 80.3 cm³/mol. The van der Waals surface area contributed by atoms with E-state index in [0.29, 0.717) is 5.13 Å². The van der Waals surface area contributed by atoms with Crippen molar-refractivity contribution >= 4 is 16.5 Å². The number of hydrogen-bond acceptors (Lipinski definition) is 4. The van der Waals surface area contributed by atoms with Gasteiger partial charge < -0.3 is 11.5 Å². The summed E-state index contributed by atoms with van der Waals surface area (Å²) < 4.78 is 0. The Labute approximate surface area is 117 Å². The number of nitrogen functional groups attached to an aromatic ring is 1. The van der Waals surface area contributed by atoms with Gasteiger partial charge in [0.2, 0.25) is 0 Å². The van der Waals surface area contributed by atoms with E-state index in [1.807, 2.05) is 0 Å². The molecule has 19 heavy (non-hydrogen) atoms. The van der Waals surface area contributed by atoms with Crippen LogP contribution in [0.5, 0.6) is 0 Å². The van der Waals surface area contributed by atoms with Gasteiger partial charge >= 0.3 is 0 Å². The van der Waals surface area contributed by atoms with Crippen molar-refractivity contribution in [2.75, 3.05) is 5.73 Å². The summed E-state index contributed by atoms with van der Waals surface area (Å²) in [5.74, 6) is 0. The fourth-order valence-electron chi connectivity index (χ4n) is 3.06. The molecule has 0 fully saturated rings. The van der Waals surface area contributed by atoms with Crippen molar-refractivity contribution in [3.63, 3.8) is 0 Å². The van der Waals surface area contributed by atoms with Crippen LogP contribution in [0.4, 0.5) is 5.13 Å². The lowest BCUT2D eigenvalue weighted by atomic mass is 9.77. The third-order valence-electron chi connectivity index (χ3n) is 4.00. The summed E-state index contributed by atoms with van der Waals surface area (Å²) in [6.45, 7) is 4.26. The van der Waals surface area contributed by atoms with E-state index in [9.17, 15) is 0 Å². The van der Waals surface area contributed by atoms with Gasteiger partial charge in [0.25, 0.3) is 0 Å². The zero-order valence-corrected chi connectivity index (χ0v) is 12.2. The molecule has 100 valence electrons. The number of anilines is 1. The zero-order chi connectivity index (χ0) is 13.6. The van der Waals surface area contributed by atoms with Crippen LogP contribution in [-0.4, -0.2) is 4.98 Å². The van der Waals surface area contributed by atoms with Gasteiger partial charge in [-0.3, -0.25) is 0 Å². The van der Waals surface area contributed by atoms with E-state index in [-0.39, 0.29) is 5.54 Å². The molecule has 0 saturated heterocycles. The van der Waals surface area contributed by atoms with Crippen molar-refractivity contribution in [1.82, 2.24) is 4.98 Å². The number of hydrogen-bond donors (Lipinski definition) is 2. The highest BCUT2D eigenvalue weighted by molar-refractivity contribution is 7.15. The molecule has 1 aromatic heterocycles. The Morgan fingerprint density at radius 1 is 1.32 bits per heavy atom. The molecule has 0 radical (unpaired) electrons. The molecular formula is C15H19N3S. The molecule has 3 nitrogen and oxygen atoms in total. The predicted octanol–water partition coefficient (Wildman–Crippen LogP) is 2.69. The van der Waals surface area contributed by atoms with Crippen molar-refractivity contribution in [2.45, 2.75) is 38.6 Å². The molecule has 2 aromatic rings. The molecule has 0 amide bonds. The van der Waals surface area contributed by atoms with Crippen LogP contribution >= 0.6 is 11.3 Å².